The van der Waals surface area contributed by atoms with Gasteiger partial charge in [0.05, 0.1) is 7.11 Å². The topological polar surface area (TPSA) is 29.5 Å². The van der Waals surface area contributed by atoms with Gasteiger partial charge >= 0.3 is 0 Å². The third-order valence-electron chi connectivity index (χ3n) is 2.64. The average Bonchev–Trinajstić information content (AvgIpc) is 2.29. The molecule has 0 aliphatic rings. The molecule has 0 aliphatic carbocycles. The van der Waals surface area contributed by atoms with Gasteiger partial charge < -0.3 is 9.84 Å². The quantitative estimate of drug-likeness (QED) is 0.778. The Morgan fingerprint density at radius 2 is 1.93 bits per heavy atom. The van der Waals surface area contributed by atoms with Crippen molar-refractivity contribution in [3.8, 4) is 5.75 Å². The second kappa shape index (κ2) is 6.46. The highest BCUT2D eigenvalue weighted by Crippen LogP contribution is 2.17. The van der Waals surface area contributed by atoms with Crippen LogP contribution in [0.1, 0.15) is 25.3 Å². The summed E-state index contributed by atoms with van der Waals surface area (Å²) in [6, 6.07) is 8.07. The Bertz CT molecular complexity index is 266. The van der Waals surface area contributed by atoms with Crippen LogP contribution in [-0.4, -0.2) is 18.8 Å². The lowest BCUT2D eigenvalue weighted by Crippen LogP contribution is -2.09. The normalized spacial score (nSPS) is 12.5. The van der Waals surface area contributed by atoms with Crippen molar-refractivity contribution in [2.24, 2.45) is 5.92 Å². The van der Waals surface area contributed by atoms with Gasteiger partial charge in [-0.1, -0.05) is 25.5 Å². The van der Waals surface area contributed by atoms with Crippen LogP contribution in [-0.2, 0) is 6.42 Å². The van der Waals surface area contributed by atoms with E-state index in [0.29, 0.717) is 5.92 Å². The number of methoxy groups -OCH3 is 1. The van der Waals surface area contributed by atoms with E-state index in [1.165, 1.54) is 5.56 Å². The predicted molar refractivity (Wildman–Crippen MR) is 62.2 cm³/mol. The summed E-state index contributed by atoms with van der Waals surface area (Å²) >= 11 is 0. The molecule has 0 bridgehead atoms. The lowest BCUT2D eigenvalue weighted by molar-refractivity contribution is 0.217. The van der Waals surface area contributed by atoms with Gasteiger partial charge in [-0.2, -0.15) is 0 Å². The summed E-state index contributed by atoms with van der Waals surface area (Å²) in [7, 11) is 1.67. The molecule has 0 aliphatic heterocycles. The van der Waals surface area contributed by atoms with Crippen molar-refractivity contribution in [1.29, 1.82) is 0 Å². The van der Waals surface area contributed by atoms with Crippen molar-refractivity contribution >= 4 is 0 Å². The van der Waals surface area contributed by atoms with E-state index in [9.17, 15) is 5.11 Å². The molecule has 0 saturated heterocycles. The zero-order valence-electron chi connectivity index (χ0n) is 9.57. The Morgan fingerprint density at radius 3 is 2.40 bits per heavy atom. The Labute approximate surface area is 91.9 Å². The summed E-state index contributed by atoms with van der Waals surface area (Å²) in [6.07, 6.45) is 3.16. The van der Waals surface area contributed by atoms with Crippen LogP contribution in [0.25, 0.3) is 0 Å². The maximum absolute atomic E-state index is 9.19. The van der Waals surface area contributed by atoms with E-state index in [-0.39, 0.29) is 6.61 Å². The largest absolute Gasteiger partial charge is 0.497 e. The summed E-state index contributed by atoms with van der Waals surface area (Å²) in [4.78, 5) is 0. The molecule has 15 heavy (non-hydrogen) atoms. The van der Waals surface area contributed by atoms with Crippen LogP contribution in [0.4, 0.5) is 0 Å². The number of aliphatic hydroxyl groups is 1. The molecule has 2 nitrogen and oxygen atoms in total. The molecule has 1 N–H and O–H groups in total. The zero-order valence-corrected chi connectivity index (χ0v) is 9.57. The molecule has 0 aromatic heterocycles. The van der Waals surface area contributed by atoms with Crippen molar-refractivity contribution in [3.63, 3.8) is 0 Å². The number of rotatable bonds is 6. The van der Waals surface area contributed by atoms with Crippen LogP contribution in [0.3, 0.4) is 0 Å². The van der Waals surface area contributed by atoms with Crippen LogP contribution in [0.5, 0.6) is 5.75 Å². The van der Waals surface area contributed by atoms with Crippen molar-refractivity contribution < 1.29 is 9.84 Å². The second-order valence-corrected chi connectivity index (χ2v) is 3.89. The summed E-state index contributed by atoms with van der Waals surface area (Å²) in [5, 5.41) is 9.19. The van der Waals surface area contributed by atoms with E-state index in [0.717, 1.165) is 25.0 Å². The van der Waals surface area contributed by atoms with Crippen molar-refractivity contribution in [2.75, 3.05) is 13.7 Å². The summed E-state index contributed by atoms with van der Waals surface area (Å²) < 4.78 is 5.10. The molecule has 1 aromatic rings. The van der Waals surface area contributed by atoms with E-state index in [1.807, 2.05) is 12.1 Å². The highest BCUT2D eigenvalue weighted by Gasteiger charge is 2.07. The maximum Gasteiger partial charge on any atom is 0.118 e. The first-order valence-electron chi connectivity index (χ1n) is 5.54. The lowest BCUT2D eigenvalue weighted by Gasteiger charge is -2.13. The SMILES string of the molecule is CCCC(CO)Cc1ccc(OC)cc1. The van der Waals surface area contributed by atoms with Gasteiger partial charge in [-0.15, -0.1) is 0 Å². The maximum atomic E-state index is 9.19. The molecule has 1 atom stereocenters. The monoisotopic (exact) mass is 208 g/mol. The van der Waals surface area contributed by atoms with E-state index in [4.69, 9.17) is 4.74 Å². The lowest BCUT2D eigenvalue weighted by atomic mass is 9.96. The standard InChI is InChI=1S/C13H20O2/c1-3-4-12(10-14)9-11-5-7-13(15-2)8-6-11/h5-8,12,14H,3-4,9-10H2,1-2H3. The number of hydrogen-bond acceptors (Lipinski definition) is 2. The molecule has 0 amide bonds. The Balaban J connectivity index is 2.55. The summed E-state index contributed by atoms with van der Waals surface area (Å²) in [5.41, 5.74) is 1.27. The summed E-state index contributed by atoms with van der Waals surface area (Å²) in [5.74, 6) is 1.28. The minimum Gasteiger partial charge on any atom is -0.497 e. The molecular weight excluding hydrogens is 188 g/mol. The first kappa shape index (κ1) is 12.1. The predicted octanol–water partition coefficient (Wildman–Crippen LogP) is 2.65. The van der Waals surface area contributed by atoms with Crippen LogP contribution in [0.2, 0.25) is 0 Å². The van der Waals surface area contributed by atoms with Crippen molar-refractivity contribution in [2.45, 2.75) is 26.2 Å². The molecule has 0 fully saturated rings. The van der Waals surface area contributed by atoms with Gasteiger partial charge in [0.25, 0.3) is 0 Å². The fourth-order valence-corrected chi connectivity index (χ4v) is 1.76. The van der Waals surface area contributed by atoms with Crippen molar-refractivity contribution in [3.05, 3.63) is 29.8 Å². The van der Waals surface area contributed by atoms with E-state index in [1.54, 1.807) is 7.11 Å². The van der Waals surface area contributed by atoms with Gasteiger partial charge in [-0.05, 0) is 36.5 Å². The molecule has 2 heteroatoms. The molecule has 1 unspecified atom stereocenters. The average molecular weight is 208 g/mol. The van der Waals surface area contributed by atoms with Crippen LogP contribution < -0.4 is 4.74 Å². The molecule has 0 heterocycles. The Morgan fingerprint density at radius 1 is 1.27 bits per heavy atom. The van der Waals surface area contributed by atoms with E-state index in [2.05, 4.69) is 19.1 Å². The number of aliphatic hydroxyl groups excluding tert-OH is 1. The Hall–Kier alpha value is -1.02. The van der Waals surface area contributed by atoms with E-state index < -0.39 is 0 Å². The molecule has 0 spiro atoms. The van der Waals surface area contributed by atoms with Crippen LogP contribution in [0, 0.1) is 5.92 Å². The minimum atomic E-state index is 0.278. The van der Waals surface area contributed by atoms with Gasteiger partial charge in [0.15, 0.2) is 0 Å². The van der Waals surface area contributed by atoms with Gasteiger partial charge in [-0.3, -0.25) is 0 Å². The molecule has 0 radical (unpaired) electrons. The number of hydrogen-bond donors (Lipinski definition) is 1. The third-order valence-corrected chi connectivity index (χ3v) is 2.64. The number of ether oxygens (including phenoxy) is 1. The first-order valence-corrected chi connectivity index (χ1v) is 5.54. The third kappa shape index (κ3) is 3.92. The van der Waals surface area contributed by atoms with Crippen molar-refractivity contribution in [1.82, 2.24) is 0 Å². The van der Waals surface area contributed by atoms with Gasteiger partial charge in [0, 0.05) is 6.61 Å². The van der Waals surface area contributed by atoms with Gasteiger partial charge in [0.2, 0.25) is 0 Å². The summed E-state index contributed by atoms with van der Waals surface area (Å²) in [6.45, 7) is 2.43. The smallest absolute Gasteiger partial charge is 0.118 e. The fourth-order valence-electron chi connectivity index (χ4n) is 1.76. The molecule has 1 aromatic carbocycles. The van der Waals surface area contributed by atoms with E-state index >= 15 is 0 Å². The van der Waals surface area contributed by atoms with Crippen LogP contribution in [0.15, 0.2) is 24.3 Å². The highest BCUT2D eigenvalue weighted by molar-refractivity contribution is 5.27. The Kier molecular flexibility index (Phi) is 5.19. The fraction of sp³-hybridized carbons (Fsp3) is 0.538. The van der Waals surface area contributed by atoms with Crippen LogP contribution >= 0.6 is 0 Å². The first-order chi connectivity index (χ1) is 7.30. The van der Waals surface area contributed by atoms with Gasteiger partial charge in [0.1, 0.15) is 5.75 Å². The van der Waals surface area contributed by atoms with Gasteiger partial charge in [-0.25, -0.2) is 0 Å². The molecule has 84 valence electrons. The highest BCUT2D eigenvalue weighted by atomic mass is 16.5. The second-order valence-electron chi connectivity index (χ2n) is 3.89. The molecule has 1 rings (SSSR count). The molecular formula is C13H20O2. The number of benzene rings is 1. The molecule has 0 saturated carbocycles. The minimum absolute atomic E-state index is 0.278. The zero-order chi connectivity index (χ0) is 11.1.